The Morgan fingerprint density at radius 1 is 1.22 bits per heavy atom. The SMILES string of the molecule is CC(C)S(=O)(=O)CCC(=O)C1CCC(CN)CC1. The van der Waals surface area contributed by atoms with Crippen LogP contribution in [0.1, 0.15) is 46.0 Å². The summed E-state index contributed by atoms with van der Waals surface area (Å²) in [5.74, 6) is 0.735. The number of carbonyl (C=O) groups is 1. The largest absolute Gasteiger partial charge is 0.330 e. The number of ketones is 1. The van der Waals surface area contributed by atoms with Crippen molar-refractivity contribution in [1.82, 2.24) is 0 Å². The van der Waals surface area contributed by atoms with Crippen molar-refractivity contribution >= 4 is 15.6 Å². The number of rotatable bonds is 6. The first-order valence-electron chi connectivity index (χ1n) is 6.81. The van der Waals surface area contributed by atoms with Gasteiger partial charge in [0.25, 0.3) is 0 Å². The van der Waals surface area contributed by atoms with E-state index in [-0.39, 0.29) is 23.9 Å². The van der Waals surface area contributed by atoms with E-state index in [0.29, 0.717) is 12.5 Å². The molecule has 0 aromatic rings. The molecule has 0 aliphatic heterocycles. The fraction of sp³-hybridized carbons (Fsp3) is 0.923. The lowest BCUT2D eigenvalue weighted by molar-refractivity contribution is -0.123. The van der Waals surface area contributed by atoms with Gasteiger partial charge in [-0.1, -0.05) is 0 Å². The Morgan fingerprint density at radius 3 is 2.22 bits per heavy atom. The topological polar surface area (TPSA) is 77.2 Å². The molecule has 106 valence electrons. The Bertz CT molecular complexity index is 368. The molecule has 1 rings (SSSR count). The molecule has 18 heavy (non-hydrogen) atoms. The maximum atomic E-state index is 12.0. The van der Waals surface area contributed by atoms with Crippen LogP contribution in [-0.2, 0) is 14.6 Å². The van der Waals surface area contributed by atoms with E-state index in [0.717, 1.165) is 25.7 Å². The van der Waals surface area contributed by atoms with Crippen LogP contribution in [0.2, 0.25) is 0 Å². The molecule has 4 nitrogen and oxygen atoms in total. The minimum absolute atomic E-state index is 0.000315. The molecule has 1 saturated carbocycles. The van der Waals surface area contributed by atoms with E-state index in [1.54, 1.807) is 13.8 Å². The van der Waals surface area contributed by atoms with Crippen molar-refractivity contribution in [2.24, 2.45) is 17.6 Å². The monoisotopic (exact) mass is 275 g/mol. The fourth-order valence-corrected chi connectivity index (χ4v) is 3.36. The lowest BCUT2D eigenvalue weighted by Crippen LogP contribution is -2.27. The Morgan fingerprint density at radius 2 is 1.78 bits per heavy atom. The second-order valence-electron chi connectivity index (χ2n) is 5.59. The van der Waals surface area contributed by atoms with E-state index in [4.69, 9.17) is 5.73 Å². The zero-order chi connectivity index (χ0) is 13.8. The van der Waals surface area contributed by atoms with Gasteiger partial charge in [0, 0.05) is 12.3 Å². The standard InChI is InChI=1S/C13H25NO3S/c1-10(2)18(16,17)8-7-13(15)12-5-3-11(9-14)4-6-12/h10-12H,3-9,14H2,1-2H3. The number of hydrogen-bond acceptors (Lipinski definition) is 4. The van der Waals surface area contributed by atoms with Gasteiger partial charge in [-0.25, -0.2) is 8.42 Å². The third kappa shape index (κ3) is 4.35. The minimum atomic E-state index is -3.09. The zero-order valence-corrected chi connectivity index (χ0v) is 12.2. The smallest absolute Gasteiger partial charge is 0.153 e. The van der Waals surface area contributed by atoms with E-state index >= 15 is 0 Å². The summed E-state index contributed by atoms with van der Waals surface area (Å²) in [6, 6.07) is 0. The summed E-state index contributed by atoms with van der Waals surface area (Å²) < 4.78 is 23.3. The van der Waals surface area contributed by atoms with E-state index in [1.807, 2.05) is 0 Å². The highest BCUT2D eigenvalue weighted by Crippen LogP contribution is 2.29. The van der Waals surface area contributed by atoms with Crippen molar-refractivity contribution < 1.29 is 13.2 Å². The number of sulfone groups is 1. The van der Waals surface area contributed by atoms with Crippen LogP contribution in [0.15, 0.2) is 0 Å². The van der Waals surface area contributed by atoms with Crippen molar-refractivity contribution in [2.45, 2.75) is 51.2 Å². The summed E-state index contributed by atoms with van der Waals surface area (Å²) in [7, 11) is -3.09. The van der Waals surface area contributed by atoms with Crippen LogP contribution in [0.4, 0.5) is 0 Å². The Kier molecular flexibility index (Phi) is 5.79. The first kappa shape index (κ1) is 15.6. The van der Waals surface area contributed by atoms with Gasteiger partial charge in [0.05, 0.1) is 11.0 Å². The minimum Gasteiger partial charge on any atom is -0.330 e. The summed E-state index contributed by atoms with van der Waals surface area (Å²) >= 11 is 0. The van der Waals surface area contributed by atoms with E-state index in [9.17, 15) is 13.2 Å². The van der Waals surface area contributed by atoms with Crippen molar-refractivity contribution in [3.05, 3.63) is 0 Å². The molecule has 0 spiro atoms. The van der Waals surface area contributed by atoms with E-state index < -0.39 is 15.1 Å². The average Bonchev–Trinajstić information content (AvgIpc) is 2.36. The third-order valence-electron chi connectivity index (χ3n) is 3.99. The maximum Gasteiger partial charge on any atom is 0.153 e. The van der Waals surface area contributed by atoms with E-state index in [1.165, 1.54) is 0 Å². The zero-order valence-electron chi connectivity index (χ0n) is 11.4. The molecule has 0 amide bonds. The van der Waals surface area contributed by atoms with Crippen LogP contribution in [0, 0.1) is 11.8 Å². The first-order chi connectivity index (χ1) is 8.36. The molecule has 0 bridgehead atoms. The number of hydrogen-bond donors (Lipinski definition) is 1. The molecule has 2 N–H and O–H groups in total. The quantitative estimate of drug-likeness (QED) is 0.797. The highest BCUT2D eigenvalue weighted by atomic mass is 32.2. The predicted molar refractivity (Wildman–Crippen MR) is 73.0 cm³/mol. The summed E-state index contributed by atoms with van der Waals surface area (Å²) in [5.41, 5.74) is 5.61. The van der Waals surface area contributed by atoms with Gasteiger partial charge in [0.1, 0.15) is 5.78 Å². The maximum absolute atomic E-state index is 12.0. The van der Waals surface area contributed by atoms with Crippen molar-refractivity contribution in [1.29, 1.82) is 0 Å². The van der Waals surface area contributed by atoms with Crippen molar-refractivity contribution in [3.63, 3.8) is 0 Å². The molecular formula is C13H25NO3S. The molecule has 5 heteroatoms. The molecule has 1 aliphatic rings. The molecule has 0 saturated heterocycles. The van der Waals surface area contributed by atoms with Crippen LogP contribution in [-0.4, -0.2) is 31.7 Å². The van der Waals surface area contributed by atoms with Crippen LogP contribution in [0.25, 0.3) is 0 Å². The van der Waals surface area contributed by atoms with Crippen molar-refractivity contribution in [2.75, 3.05) is 12.3 Å². The normalized spacial score (nSPS) is 25.3. The molecule has 1 aliphatic carbocycles. The molecule has 0 unspecified atom stereocenters. The lowest BCUT2D eigenvalue weighted by Gasteiger charge is -2.26. The van der Waals surface area contributed by atoms with E-state index in [2.05, 4.69) is 0 Å². The summed E-state index contributed by atoms with van der Waals surface area (Å²) in [6.07, 6.45) is 3.94. The van der Waals surface area contributed by atoms with Gasteiger partial charge in [0.2, 0.25) is 0 Å². The molecule has 0 atom stereocenters. The van der Waals surface area contributed by atoms with Gasteiger partial charge in [0.15, 0.2) is 9.84 Å². The van der Waals surface area contributed by atoms with Crippen LogP contribution >= 0.6 is 0 Å². The molecular weight excluding hydrogens is 250 g/mol. The molecule has 0 heterocycles. The third-order valence-corrected chi connectivity index (χ3v) is 6.20. The number of nitrogens with two attached hydrogens (primary N) is 1. The Balaban J connectivity index is 2.39. The van der Waals surface area contributed by atoms with Gasteiger partial charge >= 0.3 is 0 Å². The Hall–Kier alpha value is -0.420. The summed E-state index contributed by atoms with van der Waals surface area (Å²) in [4.78, 5) is 12.0. The highest BCUT2D eigenvalue weighted by Gasteiger charge is 2.27. The van der Waals surface area contributed by atoms with Crippen LogP contribution in [0.5, 0.6) is 0 Å². The van der Waals surface area contributed by atoms with Crippen LogP contribution < -0.4 is 5.73 Å². The second-order valence-corrected chi connectivity index (χ2v) is 8.26. The first-order valence-corrected chi connectivity index (χ1v) is 8.52. The van der Waals surface area contributed by atoms with Gasteiger partial charge in [-0.2, -0.15) is 0 Å². The van der Waals surface area contributed by atoms with Gasteiger partial charge in [-0.05, 0) is 52.0 Å². The van der Waals surface area contributed by atoms with Gasteiger partial charge < -0.3 is 5.73 Å². The van der Waals surface area contributed by atoms with Crippen LogP contribution in [0.3, 0.4) is 0 Å². The molecule has 0 aromatic carbocycles. The molecule has 1 fully saturated rings. The summed E-state index contributed by atoms with van der Waals surface area (Å²) in [5, 5.41) is -0.390. The Labute approximate surface area is 110 Å². The molecule has 0 aromatic heterocycles. The fourth-order valence-electron chi connectivity index (χ4n) is 2.40. The number of carbonyl (C=O) groups excluding carboxylic acids is 1. The summed E-state index contributed by atoms with van der Waals surface area (Å²) in [6.45, 7) is 4.02. The van der Waals surface area contributed by atoms with Crippen molar-refractivity contribution in [3.8, 4) is 0 Å². The molecule has 0 radical (unpaired) electrons. The lowest BCUT2D eigenvalue weighted by atomic mass is 9.79. The van der Waals surface area contributed by atoms with Gasteiger partial charge in [-0.15, -0.1) is 0 Å². The van der Waals surface area contributed by atoms with Gasteiger partial charge in [-0.3, -0.25) is 4.79 Å². The average molecular weight is 275 g/mol. The second kappa shape index (κ2) is 6.66. The predicted octanol–water partition coefficient (Wildman–Crippen LogP) is 1.53. The highest BCUT2D eigenvalue weighted by molar-refractivity contribution is 7.91. The number of Topliss-reactive ketones (excluding diaryl/α,β-unsaturated/α-hetero) is 1.